The number of hydrogen-bond donors (Lipinski definition) is 0. The lowest BCUT2D eigenvalue weighted by atomic mass is 9.96. The van der Waals surface area contributed by atoms with Gasteiger partial charge in [0.2, 0.25) is 5.91 Å². The molecule has 11 heteroatoms. The maximum atomic E-state index is 13.7. The molecule has 2 aliphatic heterocycles. The van der Waals surface area contributed by atoms with Crippen molar-refractivity contribution in [1.82, 2.24) is 9.29 Å². The van der Waals surface area contributed by atoms with E-state index in [-0.39, 0.29) is 17.9 Å². The highest BCUT2D eigenvalue weighted by Gasteiger charge is 2.36. The number of fused-ring (bicyclic) bond motifs is 1. The summed E-state index contributed by atoms with van der Waals surface area (Å²) < 4.78 is 34.4. The predicted octanol–water partition coefficient (Wildman–Crippen LogP) is 4.93. The van der Waals surface area contributed by atoms with Crippen LogP contribution in [0.5, 0.6) is 0 Å². The third-order valence-corrected chi connectivity index (χ3v) is 11.3. The molecule has 2 fully saturated rings. The van der Waals surface area contributed by atoms with Crippen LogP contribution in [-0.4, -0.2) is 56.0 Å². The van der Waals surface area contributed by atoms with Gasteiger partial charge in [0.25, 0.3) is 10.0 Å². The molecule has 0 saturated carbocycles. The average molecular weight is 540 g/mol. The van der Waals surface area contributed by atoms with Gasteiger partial charge in [0.1, 0.15) is 4.21 Å². The van der Waals surface area contributed by atoms with Crippen molar-refractivity contribution in [1.29, 1.82) is 0 Å². The van der Waals surface area contributed by atoms with E-state index in [9.17, 15) is 13.2 Å². The summed E-state index contributed by atoms with van der Waals surface area (Å²) in [5, 5.41) is 3.06. The summed E-state index contributed by atoms with van der Waals surface area (Å²) in [5.74, 6) is -0.264. The van der Waals surface area contributed by atoms with Crippen LogP contribution in [-0.2, 0) is 19.6 Å². The molecule has 0 spiro atoms. The number of aryl methyl sites for hydroxylation is 1. The zero-order valence-corrected chi connectivity index (χ0v) is 22.0. The second-order valence-corrected chi connectivity index (χ2v) is 13.2. The first-order valence-corrected chi connectivity index (χ1v) is 14.9. The number of anilines is 1. The molecule has 2 aliphatic rings. The summed E-state index contributed by atoms with van der Waals surface area (Å²) in [6, 6.07) is 7.16. The number of thiazole rings is 1. The number of ether oxygens (including phenoxy) is 1. The Morgan fingerprint density at radius 3 is 2.74 bits per heavy atom. The van der Waals surface area contributed by atoms with E-state index in [1.165, 1.54) is 27.0 Å². The number of halogens is 1. The van der Waals surface area contributed by atoms with Gasteiger partial charge >= 0.3 is 0 Å². The number of carbonyl (C=O) groups is 1. The third-order valence-electron chi connectivity index (χ3n) is 6.54. The van der Waals surface area contributed by atoms with Crippen LogP contribution >= 0.6 is 34.3 Å². The molecule has 1 amide bonds. The van der Waals surface area contributed by atoms with Crippen molar-refractivity contribution < 1.29 is 17.9 Å². The largest absolute Gasteiger partial charge is 0.376 e. The summed E-state index contributed by atoms with van der Waals surface area (Å²) in [5.41, 5.74) is 1.72. The Labute approximate surface area is 212 Å². The fraction of sp³-hybridized carbons (Fsp3) is 0.478. The van der Waals surface area contributed by atoms with Crippen LogP contribution in [0.15, 0.2) is 33.9 Å². The molecule has 34 heavy (non-hydrogen) atoms. The topological polar surface area (TPSA) is 79.8 Å². The minimum absolute atomic E-state index is 0.00789. The van der Waals surface area contributed by atoms with Gasteiger partial charge in [-0.05, 0) is 61.7 Å². The van der Waals surface area contributed by atoms with Crippen molar-refractivity contribution in [3.63, 3.8) is 0 Å². The monoisotopic (exact) mass is 539 g/mol. The van der Waals surface area contributed by atoms with Gasteiger partial charge < -0.3 is 4.74 Å². The maximum Gasteiger partial charge on any atom is 0.252 e. The third kappa shape index (κ3) is 4.64. The highest BCUT2D eigenvalue weighted by molar-refractivity contribution is 7.91. The molecule has 1 unspecified atom stereocenters. The fourth-order valence-corrected chi connectivity index (χ4v) is 8.37. The molecule has 3 aromatic rings. The summed E-state index contributed by atoms with van der Waals surface area (Å²) in [7, 11) is -3.50. The molecule has 2 saturated heterocycles. The standard InChI is InChI=1S/C23H26ClN3O4S3/c1-15-18(24)6-7-19-21(15)25-23(33-19)27(14-17-4-2-12-31-17)22(28)16-8-10-26(11-9-16)34(29,30)20-5-3-13-32-20/h3,5-7,13,16-17H,2,4,8-12,14H2,1H3. The molecule has 5 rings (SSSR count). The van der Waals surface area contributed by atoms with Gasteiger partial charge in [0, 0.05) is 30.6 Å². The van der Waals surface area contributed by atoms with E-state index < -0.39 is 10.0 Å². The Bertz CT molecular complexity index is 1280. The number of benzene rings is 1. The van der Waals surface area contributed by atoms with E-state index in [4.69, 9.17) is 21.3 Å². The Balaban J connectivity index is 1.37. The van der Waals surface area contributed by atoms with Crippen molar-refractivity contribution >= 4 is 65.6 Å². The van der Waals surface area contributed by atoms with Gasteiger partial charge in [-0.15, -0.1) is 11.3 Å². The van der Waals surface area contributed by atoms with Crippen LogP contribution in [0.1, 0.15) is 31.2 Å². The number of aromatic nitrogens is 1. The number of sulfonamides is 1. The Hall–Kier alpha value is -1.56. The quantitative estimate of drug-likeness (QED) is 0.443. The smallest absolute Gasteiger partial charge is 0.252 e. The van der Waals surface area contributed by atoms with Crippen LogP contribution in [0.25, 0.3) is 10.2 Å². The van der Waals surface area contributed by atoms with Gasteiger partial charge in [0.15, 0.2) is 5.13 Å². The molecule has 0 radical (unpaired) electrons. The van der Waals surface area contributed by atoms with Gasteiger partial charge in [-0.25, -0.2) is 13.4 Å². The molecule has 0 N–H and O–H groups in total. The highest BCUT2D eigenvalue weighted by Crippen LogP contribution is 2.36. The average Bonchev–Trinajstić information content (AvgIpc) is 3.61. The van der Waals surface area contributed by atoms with Gasteiger partial charge in [-0.2, -0.15) is 4.31 Å². The molecule has 182 valence electrons. The number of rotatable bonds is 6. The van der Waals surface area contributed by atoms with Crippen LogP contribution in [0.2, 0.25) is 5.02 Å². The van der Waals surface area contributed by atoms with Crippen LogP contribution in [0.3, 0.4) is 0 Å². The lowest BCUT2D eigenvalue weighted by molar-refractivity contribution is -0.123. The first-order chi connectivity index (χ1) is 16.3. The number of thiophene rings is 1. The maximum absolute atomic E-state index is 13.7. The van der Waals surface area contributed by atoms with Crippen LogP contribution < -0.4 is 4.90 Å². The Kier molecular flexibility index (Phi) is 6.98. The van der Waals surface area contributed by atoms with Crippen molar-refractivity contribution in [2.24, 2.45) is 5.92 Å². The normalized spacial score (nSPS) is 20.2. The molecular weight excluding hydrogens is 514 g/mol. The molecule has 1 atom stereocenters. The first kappa shape index (κ1) is 24.1. The number of amides is 1. The van der Waals surface area contributed by atoms with Crippen LogP contribution in [0, 0.1) is 12.8 Å². The SMILES string of the molecule is Cc1c(Cl)ccc2sc(N(CC3CCCO3)C(=O)C3CCN(S(=O)(=O)c4cccs4)CC3)nc12. The van der Waals surface area contributed by atoms with Crippen LogP contribution in [0.4, 0.5) is 5.13 Å². The van der Waals surface area contributed by atoms with E-state index in [0.717, 1.165) is 28.6 Å². The molecule has 4 heterocycles. The van der Waals surface area contributed by atoms with E-state index in [2.05, 4.69) is 0 Å². The Morgan fingerprint density at radius 1 is 1.26 bits per heavy atom. The second-order valence-electron chi connectivity index (χ2n) is 8.71. The number of piperidine rings is 1. The van der Waals surface area contributed by atoms with Crippen molar-refractivity contribution in [2.75, 3.05) is 31.1 Å². The predicted molar refractivity (Wildman–Crippen MR) is 136 cm³/mol. The summed E-state index contributed by atoms with van der Waals surface area (Å²) in [6.07, 6.45) is 2.86. The van der Waals surface area contributed by atoms with E-state index in [0.29, 0.717) is 53.4 Å². The minimum atomic E-state index is -3.50. The summed E-state index contributed by atoms with van der Waals surface area (Å²) >= 11 is 9.00. The molecule has 0 bridgehead atoms. The lowest BCUT2D eigenvalue weighted by Crippen LogP contribution is -2.46. The fourth-order valence-electron chi connectivity index (χ4n) is 4.56. The molecule has 7 nitrogen and oxygen atoms in total. The van der Waals surface area contributed by atoms with E-state index in [1.54, 1.807) is 22.4 Å². The first-order valence-electron chi connectivity index (χ1n) is 11.4. The Morgan fingerprint density at radius 2 is 2.06 bits per heavy atom. The van der Waals surface area contributed by atoms with Gasteiger partial charge in [-0.3, -0.25) is 9.69 Å². The second kappa shape index (κ2) is 9.83. The molecule has 1 aromatic carbocycles. The van der Waals surface area contributed by atoms with Crippen molar-refractivity contribution in [3.8, 4) is 0 Å². The number of carbonyl (C=O) groups excluding carboxylic acids is 1. The van der Waals surface area contributed by atoms with Gasteiger partial charge in [0.05, 0.1) is 22.9 Å². The van der Waals surface area contributed by atoms with E-state index in [1.807, 2.05) is 19.1 Å². The number of hydrogen-bond acceptors (Lipinski definition) is 7. The number of nitrogens with zero attached hydrogens (tertiary/aromatic N) is 3. The highest BCUT2D eigenvalue weighted by atomic mass is 35.5. The zero-order chi connectivity index (χ0) is 23.9. The minimum Gasteiger partial charge on any atom is -0.376 e. The van der Waals surface area contributed by atoms with Crippen molar-refractivity contribution in [2.45, 2.75) is 42.9 Å². The molecule has 2 aromatic heterocycles. The summed E-state index contributed by atoms with van der Waals surface area (Å²) in [6.45, 7) is 3.77. The van der Waals surface area contributed by atoms with Crippen molar-refractivity contribution in [3.05, 3.63) is 40.2 Å². The van der Waals surface area contributed by atoms with Gasteiger partial charge in [-0.1, -0.05) is 29.0 Å². The zero-order valence-electron chi connectivity index (χ0n) is 18.8. The molecular formula is C23H26ClN3O4S3. The summed E-state index contributed by atoms with van der Waals surface area (Å²) in [4.78, 5) is 20.3. The lowest BCUT2D eigenvalue weighted by Gasteiger charge is -2.33. The molecule has 0 aliphatic carbocycles. The van der Waals surface area contributed by atoms with E-state index >= 15 is 0 Å².